The number of rotatable bonds is 2. The molecule has 0 aliphatic carbocycles. The summed E-state index contributed by atoms with van der Waals surface area (Å²) in [6, 6.07) is 17.4. The highest BCUT2D eigenvalue weighted by Gasteiger charge is 2.18. The molecule has 5 rings (SSSR count). The zero-order chi connectivity index (χ0) is 16.1. The van der Waals surface area contributed by atoms with E-state index in [0.717, 1.165) is 21.5 Å². The maximum Gasteiger partial charge on any atom is 0.235 e. The van der Waals surface area contributed by atoms with Gasteiger partial charge in [-0.3, -0.25) is 0 Å². The molecular weight excluding hydrogens is 344 g/mol. The third-order valence-electron chi connectivity index (χ3n) is 3.74. The Balaban J connectivity index is 1.69. The summed E-state index contributed by atoms with van der Waals surface area (Å²) in [5, 5.41) is 15.5. The van der Waals surface area contributed by atoms with Crippen LogP contribution in [0.2, 0.25) is 5.02 Å². The summed E-state index contributed by atoms with van der Waals surface area (Å²) in [7, 11) is 0. The number of halogens is 1. The number of para-hydroxylation sites is 1. The molecule has 0 saturated carbocycles. The molecule has 3 aromatic heterocycles. The maximum atomic E-state index is 6.27. The first-order valence-corrected chi connectivity index (χ1v) is 8.45. The second-order valence-electron chi connectivity index (χ2n) is 5.25. The van der Waals surface area contributed by atoms with Crippen molar-refractivity contribution < 1.29 is 4.42 Å². The Labute approximate surface area is 145 Å². The summed E-state index contributed by atoms with van der Waals surface area (Å²) in [5.41, 5.74) is 1.69. The first-order chi connectivity index (χ1) is 11.8. The van der Waals surface area contributed by atoms with E-state index in [2.05, 4.69) is 15.3 Å². The van der Waals surface area contributed by atoms with Gasteiger partial charge < -0.3 is 4.42 Å². The van der Waals surface area contributed by atoms with Gasteiger partial charge in [0.15, 0.2) is 5.76 Å². The molecule has 0 aliphatic heterocycles. The third kappa shape index (κ3) is 2.04. The minimum Gasteiger partial charge on any atom is -0.453 e. The van der Waals surface area contributed by atoms with Gasteiger partial charge in [-0.1, -0.05) is 59.3 Å². The van der Waals surface area contributed by atoms with Crippen LogP contribution in [0.15, 0.2) is 59.0 Å². The predicted molar refractivity (Wildman–Crippen MR) is 94.3 cm³/mol. The molecule has 0 amide bonds. The highest BCUT2D eigenvalue weighted by molar-refractivity contribution is 7.19. The fourth-order valence-electron chi connectivity index (χ4n) is 2.61. The Bertz CT molecular complexity index is 1160. The number of furan rings is 1. The number of hydrogen-bond acceptors (Lipinski definition) is 5. The summed E-state index contributed by atoms with van der Waals surface area (Å²) in [4.78, 5) is 0.695. The van der Waals surface area contributed by atoms with Crippen LogP contribution in [-0.4, -0.2) is 19.8 Å². The zero-order valence-corrected chi connectivity index (χ0v) is 13.8. The molecule has 0 aliphatic rings. The lowest BCUT2D eigenvalue weighted by Gasteiger charge is -1.97. The molecule has 5 nitrogen and oxygen atoms in total. The van der Waals surface area contributed by atoms with Crippen molar-refractivity contribution in [3.05, 3.63) is 59.6 Å². The smallest absolute Gasteiger partial charge is 0.235 e. The summed E-state index contributed by atoms with van der Waals surface area (Å²) < 4.78 is 7.57. The van der Waals surface area contributed by atoms with E-state index in [0.29, 0.717) is 21.6 Å². The molecule has 7 heteroatoms. The Hall–Kier alpha value is -2.70. The van der Waals surface area contributed by atoms with Crippen LogP contribution >= 0.6 is 22.9 Å². The van der Waals surface area contributed by atoms with Gasteiger partial charge in [-0.15, -0.1) is 10.2 Å². The monoisotopic (exact) mass is 352 g/mol. The van der Waals surface area contributed by atoms with Crippen LogP contribution in [0.4, 0.5) is 0 Å². The molecule has 0 N–H and O–H groups in total. The zero-order valence-electron chi connectivity index (χ0n) is 12.2. The van der Waals surface area contributed by atoms with Gasteiger partial charge in [-0.05, 0) is 18.2 Å². The summed E-state index contributed by atoms with van der Waals surface area (Å²) in [6.45, 7) is 0. The highest BCUT2D eigenvalue weighted by Crippen LogP contribution is 2.33. The van der Waals surface area contributed by atoms with Crippen LogP contribution < -0.4 is 0 Å². The van der Waals surface area contributed by atoms with Crippen LogP contribution in [0.5, 0.6) is 0 Å². The molecule has 0 bridgehead atoms. The van der Waals surface area contributed by atoms with E-state index in [-0.39, 0.29) is 0 Å². The molecule has 3 heterocycles. The van der Waals surface area contributed by atoms with Gasteiger partial charge in [0.05, 0.1) is 5.02 Å². The number of hydrogen-bond donors (Lipinski definition) is 0. The SMILES string of the molecule is Clc1ccccc1-c1nn2c(-c3cc4ccccc4o3)nnc2s1. The van der Waals surface area contributed by atoms with Crippen molar-refractivity contribution in [1.29, 1.82) is 0 Å². The molecule has 0 unspecified atom stereocenters. The van der Waals surface area contributed by atoms with Gasteiger partial charge in [-0.25, -0.2) is 0 Å². The van der Waals surface area contributed by atoms with Crippen LogP contribution in [0.25, 0.3) is 38.1 Å². The van der Waals surface area contributed by atoms with Crippen molar-refractivity contribution in [2.24, 2.45) is 0 Å². The number of nitrogens with zero attached hydrogens (tertiary/aromatic N) is 4. The number of fused-ring (bicyclic) bond motifs is 2. The first-order valence-electron chi connectivity index (χ1n) is 7.26. The first kappa shape index (κ1) is 13.7. The van der Waals surface area contributed by atoms with E-state index in [1.165, 1.54) is 11.3 Å². The molecule has 0 radical (unpaired) electrons. The Morgan fingerprint density at radius 3 is 2.71 bits per heavy atom. The fourth-order valence-corrected chi connectivity index (χ4v) is 3.77. The Morgan fingerprint density at radius 2 is 1.83 bits per heavy atom. The van der Waals surface area contributed by atoms with E-state index in [9.17, 15) is 0 Å². The van der Waals surface area contributed by atoms with E-state index >= 15 is 0 Å². The minimum atomic E-state index is 0.579. The third-order valence-corrected chi connectivity index (χ3v) is 5.00. The van der Waals surface area contributed by atoms with Crippen molar-refractivity contribution in [2.75, 3.05) is 0 Å². The molecule has 0 spiro atoms. The summed E-state index contributed by atoms with van der Waals surface area (Å²) >= 11 is 7.71. The number of aromatic nitrogens is 4. The topological polar surface area (TPSA) is 56.2 Å². The lowest BCUT2D eigenvalue weighted by molar-refractivity contribution is 0.622. The van der Waals surface area contributed by atoms with E-state index in [1.54, 1.807) is 4.52 Å². The van der Waals surface area contributed by atoms with Crippen LogP contribution in [0.3, 0.4) is 0 Å². The van der Waals surface area contributed by atoms with Crippen molar-refractivity contribution in [3.63, 3.8) is 0 Å². The average Bonchev–Trinajstić information content (AvgIpc) is 3.28. The largest absolute Gasteiger partial charge is 0.453 e. The average molecular weight is 353 g/mol. The molecule has 2 aromatic carbocycles. The van der Waals surface area contributed by atoms with E-state index < -0.39 is 0 Å². The lowest BCUT2D eigenvalue weighted by Crippen LogP contribution is -1.89. The maximum absolute atomic E-state index is 6.27. The predicted octanol–water partition coefficient (Wildman–Crippen LogP) is 4.92. The minimum absolute atomic E-state index is 0.579. The number of benzene rings is 2. The Morgan fingerprint density at radius 1 is 1.00 bits per heavy atom. The van der Waals surface area contributed by atoms with Gasteiger partial charge in [-0.2, -0.15) is 9.61 Å². The molecule has 0 saturated heterocycles. The standard InChI is InChI=1S/C17H9ClN4OS/c18-12-7-3-2-6-11(12)16-21-22-15(19-20-17(22)24-16)14-9-10-5-1-4-8-13(10)23-14/h1-9H. The van der Waals surface area contributed by atoms with Crippen LogP contribution in [0.1, 0.15) is 0 Å². The van der Waals surface area contributed by atoms with E-state index in [4.69, 9.17) is 16.0 Å². The van der Waals surface area contributed by atoms with Gasteiger partial charge >= 0.3 is 0 Å². The second-order valence-corrected chi connectivity index (χ2v) is 6.62. The van der Waals surface area contributed by atoms with Gasteiger partial charge in [0, 0.05) is 10.9 Å². The second kappa shape index (κ2) is 5.15. The van der Waals surface area contributed by atoms with Crippen molar-refractivity contribution in [1.82, 2.24) is 19.8 Å². The molecule has 5 aromatic rings. The molecule has 24 heavy (non-hydrogen) atoms. The van der Waals surface area contributed by atoms with Gasteiger partial charge in [0.25, 0.3) is 0 Å². The van der Waals surface area contributed by atoms with Crippen molar-refractivity contribution in [3.8, 4) is 22.2 Å². The molecular formula is C17H9ClN4OS. The Kier molecular flexibility index (Phi) is 2.95. The van der Waals surface area contributed by atoms with Crippen LogP contribution in [0, 0.1) is 0 Å². The summed E-state index contributed by atoms with van der Waals surface area (Å²) in [6.07, 6.45) is 0. The molecule has 0 atom stereocenters. The van der Waals surface area contributed by atoms with Crippen molar-refractivity contribution >= 4 is 38.9 Å². The fraction of sp³-hybridized carbons (Fsp3) is 0. The van der Waals surface area contributed by atoms with Crippen LogP contribution in [-0.2, 0) is 0 Å². The summed E-state index contributed by atoms with van der Waals surface area (Å²) in [5.74, 6) is 1.22. The molecule has 0 fully saturated rings. The highest BCUT2D eigenvalue weighted by atomic mass is 35.5. The normalized spacial score (nSPS) is 11.5. The van der Waals surface area contributed by atoms with E-state index in [1.807, 2.05) is 54.6 Å². The van der Waals surface area contributed by atoms with Crippen molar-refractivity contribution in [2.45, 2.75) is 0 Å². The molecule has 116 valence electrons. The van der Waals surface area contributed by atoms with Gasteiger partial charge in [0.2, 0.25) is 10.8 Å². The van der Waals surface area contributed by atoms with Gasteiger partial charge in [0.1, 0.15) is 10.6 Å². The lowest BCUT2D eigenvalue weighted by atomic mass is 10.2. The quantitative estimate of drug-likeness (QED) is 0.452.